The summed E-state index contributed by atoms with van der Waals surface area (Å²) in [5, 5.41) is 13.1. The van der Waals surface area contributed by atoms with Gasteiger partial charge in [-0.3, -0.25) is 19.8 Å². The molecule has 0 radical (unpaired) electrons. The molecule has 0 rings (SSSR count). The third-order valence-electron chi connectivity index (χ3n) is 1.96. The van der Waals surface area contributed by atoms with E-state index < -0.39 is 17.9 Å². The van der Waals surface area contributed by atoms with Gasteiger partial charge in [0.2, 0.25) is 5.91 Å². The van der Waals surface area contributed by atoms with Gasteiger partial charge in [-0.05, 0) is 0 Å². The predicted octanol–water partition coefficient (Wildman–Crippen LogP) is -0.969. The zero-order valence-electron chi connectivity index (χ0n) is 10.8. The van der Waals surface area contributed by atoms with Gasteiger partial charge >= 0.3 is 12.0 Å². The predicted molar refractivity (Wildman–Crippen MR) is 67.7 cm³/mol. The highest BCUT2D eigenvalue weighted by Gasteiger charge is 2.14. The molecule has 8 nitrogen and oxygen atoms in total. The van der Waals surface area contributed by atoms with Crippen LogP contribution in [0.5, 0.6) is 0 Å². The molecule has 0 aromatic carbocycles. The van der Waals surface area contributed by atoms with Crippen molar-refractivity contribution in [3.8, 4) is 0 Å². The maximum Gasteiger partial charge on any atom is 0.321 e. The monoisotopic (exact) mass is 273 g/mol. The van der Waals surface area contributed by atoms with Crippen molar-refractivity contribution >= 4 is 17.9 Å². The molecule has 0 fully saturated rings. The Bertz CT molecular complexity index is 332. The summed E-state index contributed by atoms with van der Waals surface area (Å²) in [7, 11) is 1.49. The number of amides is 3. The largest absolute Gasteiger partial charge is 0.480 e. The molecule has 108 valence electrons. The molecule has 0 atom stereocenters. The van der Waals surface area contributed by atoms with E-state index in [0.717, 1.165) is 0 Å². The molecule has 3 N–H and O–H groups in total. The molecular formula is C11H19N3O5. The SMILES string of the molecule is C=CCN(CC(=O)O)CC(=O)NC(=O)NCCOC. The van der Waals surface area contributed by atoms with Crippen molar-refractivity contribution < 1.29 is 24.2 Å². The summed E-state index contributed by atoms with van der Waals surface area (Å²) in [6.07, 6.45) is 1.48. The number of rotatable bonds is 9. The van der Waals surface area contributed by atoms with E-state index >= 15 is 0 Å². The second-order valence-corrected chi connectivity index (χ2v) is 3.65. The van der Waals surface area contributed by atoms with Gasteiger partial charge < -0.3 is 15.2 Å². The Balaban J connectivity index is 4.07. The first-order valence-corrected chi connectivity index (χ1v) is 5.61. The fourth-order valence-electron chi connectivity index (χ4n) is 1.24. The van der Waals surface area contributed by atoms with Crippen molar-refractivity contribution in [2.24, 2.45) is 0 Å². The molecule has 0 bridgehead atoms. The number of hydrogen-bond donors (Lipinski definition) is 3. The van der Waals surface area contributed by atoms with Gasteiger partial charge in [0.05, 0.1) is 19.7 Å². The lowest BCUT2D eigenvalue weighted by Crippen LogP contribution is -2.46. The maximum atomic E-state index is 11.5. The summed E-state index contributed by atoms with van der Waals surface area (Å²) in [6.45, 7) is 3.82. The molecule has 0 aliphatic heterocycles. The number of ether oxygens (including phenoxy) is 1. The van der Waals surface area contributed by atoms with E-state index in [-0.39, 0.29) is 26.2 Å². The molecule has 0 aromatic heterocycles. The summed E-state index contributed by atoms with van der Waals surface area (Å²) in [4.78, 5) is 34.6. The first-order valence-electron chi connectivity index (χ1n) is 5.61. The Morgan fingerprint density at radius 2 is 2.05 bits per heavy atom. The van der Waals surface area contributed by atoms with Crippen LogP contribution in [-0.4, -0.2) is 67.8 Å². The van der Waals surface area contributed by atoms with Crippen LogP contribution in [0.1, 0.15) is 0 Å². The van der Waals surface area contributed by atoms with Crippen LogP contribution in [0.3, 0.4) is 0 Å². The van der Waals surface area contributed by atoms with E-state index in [1.807, 2.05) is 0 Å². The van der Waals surface area contributed by atoms with Crippen LogP contribution in [-0.2, 0) is 14.3 Å². The van der Waals surface area contributed by atoms with E-state index in [4.69, 9.17) is 9.84 Å². The zero-order chi connectivity index (χ0) is 14.7. The van der Waals surface area contributed by atoms with Gasteiger partial charge in [0.25, 0.3) is 0 Å². The molecule has 0 aliphatic rings. The van der Waals surface area contributed by atoms with Gasteiger partial charge in [0.1, 0.15) is 0 Å². The number of nitrogens with zero attached hydrogens (tertiary/aromatic N) is 1. The summed E-state index contributed by atoms with van der Waals surface area (Å²) in [6, 6.07) is -0.643. The first-order chi connectivity index (χ1) is 8.99. The number of aliphatic carboxylic acids is 1. The summed E-state index contributed by atoms with van der Waals surface area (Å²) in [5.41, 5.74) is 0. The number of methoxy groups -OCH3 is 1. The smallest absolute Gasteiger partial charge is 0.321 e. The lowest BCUT2D eigenvalue weighted by Gasteiger charge is -2.17. The highest BCUT2D eigenvalue weighted by atomic mass is 16.5. The maximum absolute atomic E-state index is 11.5. The van der Waals surface area contributed by atoms with Crippen molar-refractivity contribution in [2.45, 2.75) is 0 Å². The molecule has 0 heterocycles. The molecule has 8 heteroatoms. The van der Waals surface area contributed by atoms with Crippen molar-refractivity contribution in [1.82, 2.24) is 15.5 Å². The van der Waals surface area contributed by atoms with E-state index in [0.29, 0.717) is 6.61 Å². The summed E-state index contributed by atoms with van der Waals surface area (Å²) in [5.74, 6) is -1.64. The molecule has 0 spiro atoms. The molecule has 0 unspecified atom stereocenters. The van der Waals surface area contributed by atoms with Gasteiger partial charge in [0.15, 0.2) is 0 Å². The topological polar surface area (TPSA) is 108 Å². The minimum absolute atomic E-state index is 0.198. The number of carboxylic acids is 1. The van der Waals surface area contributed by atoms with Crippen molar-refractivity contribution in [3.63, 3.8) is 0 Å². The first kappa shape index (κ1) is 17.1. The number of carbonyl (C=O) groups is 3. The number of carbonyl (C=O) groups excluding carboxylic acids is 2. The molecule has 0 aliphatic carbocycles. The van der Waals surface area contributed by atoms with Crippen molar-refractivity contribution in [2.75, 3.05) is 39.9 Å². The van der Waals surface area contributed by atoms with Gasteiger partial charge in [-0.2, -0.15) is 0 Å². The Morgan fingerprint density at radius 3 is 2.58 bits per heavy atom. The van der Waals surface area contributed by atoms with Gasteiger partial charge in [-0.15, -0.1) is 6.58 Å². The van der Waals surface area contributed by atoms with Crippen LogP contribution in [0, 0.1) is 0 Å². The Hall–Kier alpha value is -1.93. The molecule has 3 amide bonds. The number of imide groups is 1. The second-order valence-electron chi connectivity index (χ2n) is 3.65. The lowest BCUT2D eigenvalue weighted by atomic mass is 10.4. The third kappa shape index (κ3) is 9.74. The minimum Gasteiger partial charge on any atom is -0.480 e. The van der Waals surface area contributed by atoms with Crippen molar-refractivity contribution in [1.29, 1.82) is 0 Å². The fraction of sp³-hybridized carbons (Fsp3) is 0.545. The third-order valence-corrected chi connectivity index (χ3v) is 1.96. The highest BCUT2D eigenvalue weighted by Crippen LogP contribution is 1.88. The summed E-state index contributed by atoms with van der Waals surface area (Å²) >= 11 is 0. The number of carboxylic acid groups (broad SMARTS) is 1. The fourth-order valence-corrected chi connectivity index (χ4v) is 1.24. The van der Waals surface area contributed by atoms with Crippen LogP contribution in [0.4, 0.5) is 4.79 Å². The average Bonchev–Trinajstić information content (AvgIpc) is 2.28. The van der Waals surface area contributed by atoms with Crippen LogP contribution in [0.25, 0.3) is 0 Å². The molecule has 0 saturated carbocycles. The van der Waals surface area contributed by atoms with Gasteiger partial charge in [-0.25, -0.2) is 4.79 Å². The van der Waals surface area contributed by atoms with Crippen LogP contribution in [0.2, 0.25) is 0 Å². The molecule has 0 saturated heterocycles. The van der Waals surface area contributed by atoms with Crippen molar-refractivity contribution in [3.05, 3.63) is 12.7 Å². The van der Waals surface area contributed by atoms with Gasteiger partial charge in [-0.1, -0.05) is 6.08 Å². The quantitative estimate of drug-likeness (QED) is 0.368. The van der Waals surface area contributed by atoms with Crippen LogP contribution in [0.15, 0.2) is 12.7 Å². The van der Waals surface area contributed by atoms with Crippen LogP contribution < -0.4 is 10.6 Å². The summed E-state index contributed by atoms with van der Waals surface area (Å²) < 4.78 is 4.73. The normalized spacial score (nSPS) is 10.0. The lowest BCUT2D eigenvalue weighted by molar-refractivity contribution is -0.138. The average molecular weight is 273 g/mol. The Morgan fingerprint density at radius 1 is 1.37 bits per heavy atom. The molecule has 19 heavy (non-hydrogen) atoms. The molecule has 0 aromatic rings. The van der Waals surface area contributed by atoms with E-state index in [1.54, 1.807) is 0 Å². The van der Waals surface area contributed by atoms with E-state index in [1.165, 1.54) is 18.1 Å². The number of urea groups is 1. The number of nitrogens with one attached hydrogen (secondary N) is 2. The Labute approximate surface area is 111 Å². The zero-order valence-corrected chi connectivity index (χ0v) is 10.8. The van der Waals surface area contributed by atoms with Gasteiger partial charge in [0, 0.05) is 20.2 Å². The Kier molecular flexibility index (Phi) is 9.02. The van der Waals surface area contributed by atoms with E-state index in [2.05, 4.69) is 17.2 Å². The molecular weight excluding hydrogens is 254 g/mol. The second kappa shape index (κ2) is 10.0. The highest BCUT2D eigenvalue weighted by molar-refractivity contribution is 5.95. The van der Waals surface area contributed by atoms with E-state index in [9.17, 15) is 14.4 Å². The number of hydrogen-bond acceptors (Lipinski definition) is 5. The van der Waals surface area contributed by atoms with Crippen LogP contribution >= 0.6 is 0 Å². The standard InChI is InChI=1S/C11H19N3O5/c1-3-5-14(8-10(16)17)7-9(15)13-11(18)12-4-6-19-2/h3H,1,4-8H2,2H3,(H,16,17)(H2,12,13,15,18). The minimum atomic E-state index is -1.06.